The fourth-order valence-electron chi connectivity index (χ4n) is 1.18. The molecule has 0 amide bonds. The van der Waals surface area contributed by atoms with Gasteiger partial charge in [-0.3, -0.25) is 0 Å². The first kappa shape index (κ1) is 12.5. The molecule has 7 heteroatoms. The van der Waals surface area contributed by atoms with Gasteiger partial charge in [0.2, 0.25) is 0 Å². The molecule has 1 heterocycles. The summed E-state index contributed by atoms with van der Waals surface area (Å²) in [6, 6.07) is 0. The van der Waals surface area contributed by atoms with E-state index in [1.54, 1.807) is 0 Å². The average Bonchev–Trinajstić information content (AvgIpc) is 2.61. The Labute approximate surface area is 91.1 Å². The third-order valence-electron chi connectivity index (χ3n) is 1.89. The molecule has 0 saturated carbocycles. The van der Waals surface area contributed by atoms with Crippen molar-refractivity contribution in [2.24, 2.45) is 0 Å². The van der Waals surface area contributed by atoms with Crippen LogP contribution in [0.25, 0.3) is 0 Å². The Hall–Kier alpha value is -1.57. The summed E-state index contributed by atoms with van der Waals surface area (Å²) < 4.78 is 9.68. The molecule has 0 aromatic carbocycles. The third kappa shape index (κ3) is 2.32. The lowest BCUT2D eigenvalue weighted by atomic mass is 10.2. The number of ether oxygens (including phenoxy) is 2. The topological polar surface area (TPSA) is 105 Å². The number of esters is 1. The van der Waals surface area contributed by atoms with Crippen molar-refractivity contribution in [3.63, 3.8) is 0 Å². The summed E-state index contributed by atoms with van der Waals surface area (Å²) in [5.41, 5.74) is 0. The minimum atomic E-state index is -1.35. The molecule has 0 spiro atoms. The van der Waals surface area contributed by atoms with Gasteiger partial charge in [-0.05, 0) is 0 Å². The van der Waals surface area contributed by atoms with Gasteiger partial charge in [-0.2, -0.15) is 0 Å². The van der Waals surface area contributed by atoms with Gasteiger partial charge in [0.1, 0.15) is 12.7 Å². The molecule has 0 aromatic heterocycles. The van der Waals surface area contributed by atoms with E-state index in [0.29, 0.717) is 0 Å². The van der Waals surface area contributed by atoms with E-state index in [0.717, 1.165) is 0 Å². The molecule has 7 nitrogen and oxygen atoms in total. The molecule has 90 valence electrons. The molecular formula is C9H12O7. The lowest BCUT2D eigenvalue weighted by Gasteiger charge is -2.17. The summed E-state index contributed by atoms with van der Waals surface area (Å²) in [4.78, 5) is 15.0. The second-order valence-electron chi connectivity index (χ2n) is 2.96. The minimum absolute atomic E-state index is 0.0352. The molecule has 3 N–H and O–H groups in total. The van der Waals surface area contributed by atoms with Crippen molar-refractivity contribution >= 4 is 5.97 Å². The van der Waals surface area contributed by atoms with Crippen molar-refractivity contribution in [2.45, 2.75) is 12.2 Å². The highest BCUT2D eigenvalue weighted by molar-refractivity contribution is 5.89. The first-order valence-electron chi connectivity index (χ1n) is 4.44. The summed E-state index contributed by atoms with van der Waals surface area (Å²) in [5.74, 6) is -1.69. The van der Waals surface area contributed by atoms with Crippen LogP contribution in [0.3, 0.4) is 0 Å². The van der Waals surface area contributed by atoms with Gasteiger partial charge in [-0.1, -0.05) is 12.7 Å². The Kier molecular flexibility index (Phi) is 4.29. The zero-order valence-corrected chi connectivity index (χ0v) is 8.33. The van der Waals surface area contributed by atoms with Crippen molar-refractivity contribution in [2.75, 3.05) is 13.2 Å². The largest absolute Gasteiger partial charge is 0.486 e. The Morgan fingerprint density at radius 1 is 1.62 bits per heavy atom. The standard InChI is InChI=1S/C9H12O7/c1-2-3-14-7-6(5(11)4-10)15-9(12)8(7)16-13/h2,5-6,10-11,13H,1,3-4H2/t5-,6+/m0/s1. The van der Waals surface area contributed by atoms with E-state index in [2.05, 4.69) is 16.2 Å². The Balaban J connectivity index is 2.90. The summed E-state index contributed by atoms with van der Waals surface area (Å²) in [5, 5.41) is 26.6. The molecule has 0 radical (unpaired) electrons. The molecule has 16 heavy (non-hydrogen) atoms. The maximum Gasteiger partial charge on any atom is 0.382 e. The number of carbonyl (C=O) groups is 1. The normalized spacial score (nSPS) is 21.7. The van der Waals surface area contributed by atoms with Gasteiger partial charge in [0, 0.05) is 0 Å². The van der Waals surface area contributed by atoms with Gasteiger partial charge in [-0.25, -0.2) is 10.1 Å². The molecule has 0 aromatic rings. The van der Waals surface area contributed by atoms with E-state index in [-0.39, 0.29) is 12.4 Å². The predicted octanol–water partition coefficient (Wildman–Crippen LogP) is -0.831. The third-order valence-corrected chi connectivity index (χ3v) is 1.89. The van der Waals surface area contributed by atoms with Gasteiger partial charge in [0.25, 0.3) is 5.76 Å². The lowest BCUT2D eigenvalue weighted by molar-refractivity contribution is -0.210. The van der Waals surface area contributed by atoms with Crippen molar-refractivity contribution in [3.05, 3.63) is 24.2 Å². The van der Waals surface area contributed by atoms with Crippen LogP contribution in [-0.2, 0) is 19.2 Å². The summed E-state index contributed by atoms with van der Waals surface area (Å²) >= 11 is 0. The molecular weight excluding hydrogens is 220 g/mol. The number of carbonyl (C=O) groups excluding carboxylic acids is 1. The summed E-state index contributed by atoms with van der Waals surface area (Å²) in [6.07, 6.45) is -1.15. The highest BCUT2D eigenvalue weighted by Gasteiger charge is 2.42. The van der Waals surface area contributed by atoms with E-state index in [1.165, 1.54) is 6.08 Å². The fourth-order valence-corrected chi connectivity index (χ4v) is 1.18. The van der Waals surface area contributed by atoms with Crippen LogP contribution in [0.4, 0.5) is 0 Å². The summed E-state index contributed by atoms with van der Waals surface area (Å²) in [6.45, 7) is 2.80. The molecule has 2 atom stereocenters. The van der Waals surface area contributed by atoms with E-state index < -0.39 is 30.5 Å². The quantitative estimate of drug-likeness (QED) is 0.237. The van der Waals surface area contributed by atoms with Gasteiger partial charge >= 0.3 is 5.97 Å². The molecule has 1 aliphatic rings. The number of hydrogen-bond donors (Lipinski definition) is 3. The van der Waals surface area contributed by atoms with Crippen molar-refractivity contribution in [3.8, 4) is 0 Å². The number of aliphatic hydroxyl groups is 2. The van der Waals surface area contributed by atoms with Crippen molar-refractivity contribution in [1.82, 2.24) is 0 Å². The lowest BCUT2D eigenvalue weighted by Crippen LogP contribution is -2.32. The van der Waals surface area contributed by atoms with Gasteiger partial charge in [0.05, 0.1) is 6.61 Å². The Bertz CT molecular complexity index is 309. The Morgan fingerprint density at radius 2 is 2.31 bits per heavy atom. The maximum atomic E-state index is 11.1. The molecule has 0 fully saturated rings. The first-order valence-corrected chi connectivity index (χ1v) is 4.44. The number of hydrogen-bond acceptors (Lipinski definition) is 7. The van der Waals surface area contributed by atoms with E-state index in [1.807, 2.05) is 0 Å². The van der Waals surface area contributed by atoms with E-state index in [4.69, 9.17) is 15.1 Å². The van der Waals surface area contributed by atoms with Crippen LogP contribution < -0.4 is 0 Å². The van der Waals surface area contributed by atoms with E-state index in [9.17, 15) is 9.90 Å². The molecule has 0 saturated heterocycles. The second kappa shape index (κ2) is 5.50. The highest BCUT2D eigenvalue weighted by atomic mass is 17.1. The van der Waals surface area contributed by atoms with Crippen LogP contribution in [0.15, 0.2) is 24.2 Å². The predicted molar refractivity (Wildman–Crippen MR) is 49.9 cm³/mol. The number of cyclic esters (lactones) is 1. The van der Waals surface area contributed by atoms with Crippen LogP contribution in [0.5, 0.6) is 0 Å². The Morgan fingerprint density at radius 3 is 2.81 bits per heavy atom. The number of rotatable bonds is 6. The van der Waals surface area contributed by atoms with Crippen LogP contribution in [-0.4, -0.2) is 46.9 Å². The molecule has 1 aliphatic heterocycles. The van der Waals surface area contributed by atoms with Crippen molar-refractivity contribution < 1.29 is 34.6 Å². The fraction of sp³-hybridized carbons (Fsp3) is 0.444. The van der Waals surface area contributed by atoms with Gasteiger partial charge in [0.15, 0.2) is 11.9 Å². The average molecular weight is 232 g/mol. The van der Waals surface area contributed by atoms with Gasteiger partial charge in [-0.15, -0.1) is 0 Å². The molecule has 0 unspecified atom stereocenters. The van der Waals surface area contributed by atoms with Crippen LogP contribution >= 0.6 is 0 Å². The maximum absolute atomic E-state index is 11.1. The zero-order chi connectivity index (χ0) is 12.1. The highest BCUT2D eigenvalue weighted by Crippen LogP contribution is 2.26. The summed E-state index contributed by atoms with van der Waals surface area (Å²) in [7, 11) is 0. The SMILES string of the molecule is C=CCOC1=C(OO)C(=O)O[C@@H]1[C@@H](O)CO. The monoisotopic (exact) mass is 232 g/mol. The van der Waals surface area contributed by atoms with Crippen LogP contribution in [0.2, 0.25) is 0 Å². The minimum Gasteiger partial charge on any atom is -0.486 e. The molecule has 0 bridgehead atoms. The van der Waals surface area contributed by atoms with Gasteiger partial charge < -0.3 is 24.6 Å². The molecule has 0 aliphatic carbocycles. The van der Waals surface area contributed by atoms with Crippen LogP contribution in [0, 0.1) is 0 Å². The van der Waals surface area contributed by atoms with Crippen LogP contribution in [0.1, 0.15) is 0 Å². The van der Waals surface area contributed by atoms with E-state index >= 15 is 0 Å². The smallest absolute Gasteiger partial charge is 0.382 e. The zero-order valence-electron chi connectivity index (χ0n) is 8.33. The second-order valence-corrected chi connectivity index (χ2v) is 2.96. The first-order chi connectivity index (χ1) is 7.65. The van der Waals surface area contributed by atoms with Crippen molar-refractivity contribution in [1.29, 1.82) is 0 Å². The number of aliphatic hydroxyl groups excluding tert-OH is 2. The molecule has 1 rings (SSSR count).